The molecule has 2 aliphatic rings. The maximum absolute atomic E-state index is 12.7. The number of benzene rings is 2. The van der Waals surface area contributed by atoms with Gasteiger partial charge in [-0.2, -0.15) is 0 Å². The highest BCUT2D eigenvalue weighted by Gasteiger charge is 2.30. The summed E-state index contributed by atoms with van der Waals surface area (Å²) in [5, 5.41) is 14.6. The lowest BCUT2D eigenvalue weighted by Gasteiger charge is -2.31. The van der Waals surface area contributed by atoms with Gasteiger partial charge in [-0.1, -0.05) is 55.5 Å². The van der Waals surface area contributed by atoms with E-state index in [-0.39, 0.29) is 12.5 Å². The number of carboxylic acid groups (broad SMARTS) is 1. The highest BCUT2D eigenvalue weighted by Crippen LogP contribution is 2.44. The average molecular weight is 480 g/mol. The van der Waals surface area contributed by atoms with Gasteiger partial charge in [-0.05, 0) is 60.6 Å². The Morgan fingerprint density at radius 3 is 2.20 bits per heavy atom. The van der Waals surface area contributed by atoms with Crippen molar-refractivity contribution in [2.24, 2.45) is 5.92 Å². The summed E-state index contributed by atoms with van der Waals surface area (Å²) in [7, 11) is 0. The minimum atomic E-state index is -1.20. The maximum atomic E-state index is 12.7. The van der Waals surface area contributed by atoms with Gasteiger partial charge in [-0.3, -0.25) is 9.59 Å². The summed E-state index contributed by atoms with van der Waals surface area (Å²) < 4.78 is 5.49. The number of hydrogen-bond donors (Lipinski definition) is 3. The van der Waals surface area contributed by atoms with Gasteiger partial charge in [0, 0.05) is 12.5 Å². The molecular formula is C27H33N3O5. The lowest BCUT2D eigenvalue weighted by molar-refractivity contribution is -0.139. The molecule has 2 aromatic rings. The van der Waals surface area contributed by atoms with E-state index in [0.717, 1.165) is 54.7 Å². The molecule has 35 heavy (non-hydrogen) atoms. The van der Waals surface area contributed by atoms with E-state index in [1.54, 1.807) is 0 Å². The third kappa shape index (κ3) is 6.00. The van der Waals surface area contributed by atoms with Gasteiger partial charge in [0.15, 0.2) is 0 Å². The largest absolute Gasteiger partial charge is 0.481 e. The molecule has 4 rings (SSSR count). The van der Waals surface area contributed by atoms with E-state index in [1.165, 1.54) is 0 Å². The van der Waals surface area contributed by atoms with Crippen molar-refractivity contribution < 1.29 is 24.2 Å². The second-order valence-corrected chi connectivity index (χ2v) is 9.24. The second kappa shape index (κ2) is 11.4. The van der Waals surface area contributed by atoms with Gasteiger partial charge in [0.1, 0.15) is 12.6 Å². The number of likely N-dealkylation sites (tertiary alicyclic amines) is 1. The molecule has 1 atom stereocenters. The molecule has 0 bridgehead atoms. The Bertz CT molecular complexity index is 1020. The van der Waals surface area contributed by atoms with Crippen molar-refractivity contribution in [1.82, 2.24) is 15.5 Å². The molecule has 3 N–H and O–H groups in total. The molecule has 0 radical (unpaired) electrons. The van der Waals surface area contributed by atoms with E-state index < -0.39 is 30.4 Å². The van der Waals surface area contributed by atoms with Crippen LogP contribution in [0, 0.1) is 5.92 Å². The number of alkyl carbamates (subject to hydrolysis) is 1. The average Bonchev–Trinajstić information content (AvgIpc) is 3.19. The van der Waals surface area contributed by atoms with Crippen LogP contribution in [0.2, 0.25) is 0 Å². The Morgan fingerprint density at radius 2 is 1.63 bits per heavy atom. The van der Waals surface area contributed by atoms with Gasteiger partial charge in [0.2, 0.25) is 5.91 Å². The summed E-state index contributed by atoms with van der Waals surface area (Å²) in [6.07, 6.45) is 0.656. The quantitative estimate of drug-likeness (QED) is 0.510. The molecule has 1 aliphatic heterocycles. The van der Waals surface area contributed by atoms with E-state index in [9.17, 15) is 19.5 Å². The molecule has 1 fully saturated rings. The molecule has 186 valence electrons. The summed E-state index contributed by atoms with van der Waals surface area (Å²) in [4.78, 5) is 39.0. The number of aliphatic carboxylic acids is 1. The zero-order valence-electron chi connectivity index (χ0n) is 20.0. The standard InChI is InChI=1S/C27H33N3O5/c1-2-30-13-11-18(12-14-30)16-28-26(33)24(15-25(31)32)29-27(34)35-17-23-21-9-5-3-7-19(21)20-8-4-6-10-22(20)23/h3-10,18,23-24H,2,11-17H2,1H3,(H,28,33)(H,29,34)(H,31,32). The number of ether oxygens (including phenoxy) is 1. The molecule has 0 aromatic heterocycles. The number of nitrogens with zero attached hydrogens (tertiary/aromatic N) is 1. The predicted molar refractivity (Wildman–Crippen MR) is 132 cm³/mol. The topological polar surface area (TPSA) is 108 Å². The molecule has 0 saturated carbocycles. The first-order valence-corrected chi connectivity index (χ1v) is 12.3. The van der Waals surface area contributed by atoms with Crippen molar-refractivity contribution >= 4 is 18.0 Å². The lowest BCUT2D eigenvalue weighted by Crippen LogP contribution is -2.49. The van der Waals surface area contributed by atoms with Crippen LogP contribution in [0.25, 0.3) is 11.1 Å². The Hall–Kier alpha value is -3.39. The van der Waals surface area contributed by atoms with E-state index >= 15 is 0 Å². The highest BCUT2D eigenvalue weighted by atomic mass is 16.5. The smallest absolute Gasteiger partial charge is 0.407 e. The molecular weight excluding hydrogens is 446 g/mol. The number of carbonyl (C=O) groups excluding carboxylic acids is 2. The first-order chi connectivity index (χ1) is 17.0. The van der Waals surface area contributed by atoms with Gasteiger partial charge in [-0.15, -0.1) is 0 Å². The minimum Gasteiger partial charge on any atom is -0.481 e. The number of carboxylic acids is 1. The molecule has 2 aromatic carbocycles. The fourth-order valence-electron chi connectivity index (χ4n) is 5.04. The summed E-state index contributed by atoms with van der Waals surface area (Å²) in [6, 6.07) is 14.8. The molecule has 2 amide bonds. The fraction of sp³-hybridized carbons (Fsp3) is 0.444. The summed E-state index contributed by atoms with van der Waals surface area (Å²) in [6.45, 7) is 5.70. The summed E-state index contributed by atoms with van der Waals surface area (Å²) in [5.41, 5.74) is 4.39. The van der Waals surface area contributed by atoms with E-state index in [2.05, 4.69) is 22.5 Å². The lowest BCUT2D eigenvalue weighted by atomic mass is 9.96. The molecule has 1 unspecified atom stereocenters. The number of fused-ring (bicyclic) bond motifs is 3. The van der Waals surface area contributed by atoms with Crippen molar-refractivity contribution in [3.05, 3.63) is 59.7 Å². The monoisotopic (exact) mass is 479 g/mol. The van der Waals surface area contributed by atoms with Crippen LogP contribution >= 0.6 is 0 Å². The third-order valence-corrected chi connectivity index (χ3v) is 7.05. The molecule has 8 nitrogen and oxygen atoms in total. The first kappa shape index (κ1) is 24.7. The number of piperidine rings is 1. The molecule has 0 spiro atoms. The number of carbonyl (C=O) groups is 3. The number of rotatable bonds is 9. The predicted octanol–water partition coefficient (Wildman–Crippen LogP) is 3.22. The van der Waals surface area contributed by atoms with Crippen LogP contribution in [-0.2, 0) is 14.3 Å². The molecule has 8 heteroatoms. The SMILES string of the molecule is CCN1CCC(CNC(=O)C(CC(=O)O)NC(=O)OCC2c3ccccc3-c3ccccc32)CC1. The Labute approximate surface area is 205 Å². The third-order valence-electron chi connectivity index (χ3n) is 7.05. The van der Waals surface area contributed by atoms with E-state index in [4.69, 9.17) is 4.74 Å². The molecule has 1 aliphatic carbocycles. The van der Waals surface area contributed by atoms with Crippen LogP contribution in [0.5, 0.6) is 0 Å². The zero-order chi connectivity index (χ0) is 24.8. The van der Waals surface area contributed by atoms with Crippen LogP contribution in [0.4, 0.5) is 4.79 Å². The highest BCUT2D eigenvalue weighted by molar-refractivity contribution is 5.89. The van der Waals surface area contributed by atoms with Gasteiger partial charge in [0.25, 0.3) is 0 Å². The summed E-state index contributed by atoms with van der Waals surface area (Å²) >= 11 is 0. The number of hydrogen-bond acceptors (Lipinski definition) is 5. The summed E-state index contributed by atoms with van der Waals surface area (Å²) in [5.74, 6) is -1.44. The minimum absolute atomic E-state index is 0.0945. The van der Waals surface area contributed by atoms with E-state index in [0.29, 0.717) is 12.5 Å². The Balaban J connectivity index is 1.32. The van der Waals surface area contributed by atoms with Crippen molar-refractivity contribution in [3.8, 4) is 11.1 Å². The van der Waals surface area contributed by atoms with Crippen LogP contribution in [0.1, 0.15) is 43.2 Å². The van der Waals surface area contributed by atoms with Gasteiger partial charge < -0.3 is 25.4 Å². The van der Waals surface area contributed by atoms with Gasteiger partial charge in [-0.25, -0.2) is 4.79 Å². The number of nitrogens with one attached hydrogen (secondary N) is 2. The first-order valence-electron chi connectivity index (χ1n) is 12.3. The van der Waals surface area contributed by atoms with E-state index in [1.807, 2.05) is 48.5 Å². The van der Waals surface area contributed by atoms with Crippen LogP contribution in [0.3, 0.4) is 0 Å². The Kier molecular flexibility index (Phi) is 8.02. The van der Waals surface area contributed by atoms with Crippen LogP contribution in [-0.4, -0.2) is 66.8 Å². The normalized spacial score (nSPS) is 16.7. The second-order valence-electron chi connectivity index (χ2n) is 9.24. The number of amides is 2. The van der Waals surface area contributed by atoms with Crippen molar-refractivity contribution in [2.45, 2.75) is 38.1 Å². The van der Waals surface area contributed by atoms with Crippen LogP contribution in [0.15, 0.2) is 48.5 Å². The fourth-order valence-corrected chi connectivity index (χ4v) is 5.04. The molecule has 1 heterocycles. The molecule has 1 saturated heterocycles. The van der Waals surface area contributed by atoms with Crippen molar-refractivity contribution in [2.75, 3.05) is 32.8 Å². The Morgan fingerprint density at radius 1 is 1.03 bits per heavy atom. The maximum Gasteiger partial charge on any atom is 0.407 e. The van der Waals surface area contributed by atoms with Crippen molar-refractivity contribution in [1.29, 1.82) is 0 Å². The van der Waals surface area contributed by atoms with Crippen molar-refractivity contribution in [3.63, 3.8) is 0 Å². The van der Waals surface area contributed by atoms with Crippen LogP contribution < -0.4 is 10.6 Å². The zero-order valence-corrected chi connectivity index (χ0v) is 20.0. The van der Waals surface area contributed by atoms with Gasteiger partial charge in [0.05, 0.1) is 6.42 Å². The van der Waals surface area contributed by atoms with Gasteiger partial charge >= 0.3 is 12.1 Å².